The number of carboxylic acids is 1. The van der Waals surface area contributed by atoms with Crippen LogP contribution in [0.1, 0.15) is 29.8 Å². The van der Waals surface area contributed by atoms with Gasteiger partial charge < -0.3 is 5.11 Å². The molecule has 0 amide bonds. The van der Waals surface area contributed by atoms with E-state index < -0.39 is 17.7 Å². The minimum Gasteiger partial charge on any atom is -0.481 e. The molecule has 4 nitrogen and oxygen atoms in total. The topological polar surface area (TPSA) is 55.1 Å². The molecule has 1 atom stereocenters. The summed E-state index contributed by atoms with van der Waals surface area (Å²) in [6, 6.07) is 5.73. The van der Waals surface area contributed by atoms with Crippen LogP contribution in [0.5, 0.6) is 0 Å². The van der Waals surface area contributed by atoms with E-state index >= 15 is 0 Å². The Balaban J connectivity index is 2.38. The summed E-state index contributed by atoms with van der Waals surface area (Å²) in [6.07, 6.45) is 1.01. The smallest absolute Gasteiger partial charge is 0.311 e. The highest BCUT2D eigenvalue weighted by molar-refractivity contribution is 9.10. The molecule has 0 fully saturated rings. The first kappa shape index (κ1) is 15.7. The Morgan fingerprint density at radius 2 is 2.24 bits per heavy atom. The van der Waals surface area contributed by atoms with Crippen LogP contribution in [0, 0.1) is 5.82 Å². The minimum atomic E-state index is -0.980. The first-order valence-corrected chi connectivity index (χ1v) is 7.41. The van der Waals surface area contributed by atoms with Crippen molar-refractivity contribution in [3.05, 3.63) is 51.5 Å². The summed E-state index contributed by atoms with van der Waals surface area (Å²) in [5.74, 6) is -2.22. The Bertz CT molecular complexity index is 670. The third-order valence-electron chi connectivity index (χ3n) is 3.45. The third kappa shape index (κ3) is 3.32. The predicted octanol–water partition coefficient (Wildman–Crippen LogP) is 3.30. The number of aryl methyl sites for hydroxylation is 2. The van der Waals surface area contributed by atoms with E-state index in [0.717, 1.165) is 22.3 Å². The second-order valence-electron chi connectivity index (χ2n) is 4.83. The van der Waals surface area contributed by atoms with E-state index in [9.17, 15) is 14.3 Å². The molecular weight excluding hydrogens is 339 g/mol. The maximum atomic E-state index is 13.3. The first-order valence-electron chi connectivity index (χ1n) is 6.62. The Labute approximate surface area is 130 Å². The van der Waals surface area contributed by atoms with Gasteiger partial charge in [-0.15, -0.1) is 0 Å². The van der Waals surface area contributed by atoms with Crippen LogP contribution in [-0.4, -0.2) is 20.9 Å². The molecule has 1 aromatic heterocycles. The lowest BCUT2D eigenvalue weighted by Crippen LogP contribution is -2.16. The van der Waals surface area contributed by atoms with E-state index in [1.54, 1.807) is 17.8 Å². The monoisotopic (exact) mass is 354 g/mol. The van der Waals surface area contributed by atoms with Crippen molar-refractivity contribution in [3.63, 3.8) is 0 Å². The molecule has 112 valence electrons. The largest absolute Gasteiger partial charge is 0.481 e. The van der Waals surface area contributed by atoms with Crippen LogP contribution in [-0.2, 0) is 24.7 Å². The average molecular weight is 355 g/mol. The fourth-order valence-corrected chi connectivity index (χ4v) is 3.08. The number of rotatable bonds is 5. The van der Waals surface area contributed by atoms with Gasteiger partial charge in [-0.3, -0.25) is 9.48 Å². The summed E-state index contributed by atoms with van der Waals surface area (Å²) in [7, 11) is 1.78. The van der Waals surface area contributed by atoms with Crippen molar-refractivity contribution < 1.29 is 14.3 Å². The lowest BCUT2D eigenvalue weighted by Gasteiger charge is -2.13. The molecule has 2 rings (SSSR count). The second-order valence-corrected chi connectivity index (χ2v) is 5.63. The summed E-state index contributed by atoms with van der Waals surface area (Å²) in [6.45, 7) is 1.98. The van der Waals surface area contributed by atoms with Crippen LogP contribution in [0.2, 0.25) is 0 Å². The Hall–Kier alpha value is -1.69. The zero-order chi connectivity index (χ0) is 15.6. The highest BCUT2D eigenvalue weighted by Gasteiger charge is 2.24. The number of carbonyl (C=O) groups is 1. The molecule has 0 aliphatic rings. The summed E-state index contributed by atoms with van der Waals surface area (Å²) in [5.41, 5.74) is 2.13. The van der Waals surface area contributed by atoms with E-state index in [1.165, 1.54) is 18.2 Å². The summed E-state index contributed by atoms with van der Waals surface area (Å²) in [4.78, 5) is 11.5. The number of carboxylic acid groups (broad SMARTS) is 1. The molecule has 1 unspecified atom stereocenters. The van der Waals surface area contributed by atoms with Gasteiger partial charge in [0.1, 0.15) is 5.82 Å². The molecule has 1 aromatic carbocycles. The molecule has 0 spiro atoms. The summed E-state index contributed by atoms with van der Waals surface area (Å²) >= 11 is 3.48. The van der Waals surface area contributed by atoms with Crippen LogP contribution < -0.4 is 0 Å². The fraction of sp³-hybridized carbons (Fsp3) is 0.333. The van der Waals surface area contributed by atoms with Gasteiger partial charge in [-0.1, -0.05) is 19.1 Å². The fourth-order valence-electron chi connectivity index (χ4n) is 2.31. The van der Waals surface area contributed by atoms with E-state index in [0.29, 0.717) is 5.56 Å². The molecule has 2 aromatic rings. The molecule has 0 radical (unpaired) electrons. The first-order chi connectivity index (χ1) is 9.93. The maximum absolute atomic E-state index is 13.3. The lowest BCUT2D eigenvalue weighted by molar-refractivity contribution is -0.138. The van der Waals surface area contributed by atoms with Crippen molar-refractivity contribution in [3.8, 4) is 0 Å². The normalized spacial score (nSPS) is 12.4. The Kier molecular flexibility index (Phi) is 4.77. The molecule has 0 bridgehead atoms. The SMILES string of the molecule is CCc1nn(C)c(CC(C(=O)O)c2cccc(F)c2)c1Br. The van der Waals surface area contributed by atoms with Gasteiger partial charge in [0.05, 0.1) is 21.8 Å². The highest BCUT2D eigenvalue weighted by atomic mass is 79.9. The van der Waals surface area contributed by atoms with Gasteiger partial charge in [-0.25, -0.2) is 4.39 Å². The molecule has 21 heavy (non-hydrogen) atoms. The van der Waals surface area contributed by atoms with Gasteiger partial charge >= 0.3 is 5.97 Å². The van der Waals surface area contributed by atoms with Gasteiger partial charge in [0.15, 0.2) is 0 Å². The van der Waals surface area contributed by atoms with E-state index in [4.69, 9.17) is 0 Å². The number of nitrogens with zero attached hydrogens (tertiary/aromatic N) is 2. The molecule has 1 N–H and O–H groups in total. The standard InChI is InChI=1S/C15H16BrFN2O2/c1-3-12-14(16)13(19(2)18-12)8-11(15(20)21)9-5-4-6-10(17)7-9/h4-7,11H,3,8H2,1-2H3,(H,20,21). The van der Waals surface area contributed by atoms with Crippen molar-refractivity contribution >= 4 is 21.9 Å². The number of aliphatic carboxylic acids is 1. The lowest BCUT2D eigenvalue weighted by atomic mass is 9.94. The average Bonchev–Trinajstić information content (AvgIpc) is 2.70. The van der Waals surface area contributed by atoms with Gasteiger partial charge in [-0.2, -0.15) is 5.10 Å². The van der Waals surface area contributed by atoms with Gasteiger partial charge in [0.25, 0.3) is 0 Å². The van der Waals surface area contributed by atoms with Gasteiger partial charge in [0, 0.05) is 13.5 Å². The Morgan fingerprint density at radius 1 is 1.52 bits per heavy atom. The summed E-state index contributed by atoms with van der Waals surface area (Å²) in [5, 5.41) is 13.8. The van der Waals surface area contributed by atoms with Crippen molar-refractivity contribution in [2.75, 3.05) is 0 Å². The number of hydrogen-bond acceptors (Lipinski definition) is 2. The zero-order valence-corrected chi connectivity index (χ0v) is 13.4. The molecular formula is C15H16BrFN2O2. The van der Waals surface area contributed by atoms with Crippen LogP contribution in [0.15, 0.2) is 28.7 Å². The second kappa shape index (κ2) is 6.39. The van der Waals surface area contributed by atoms with Crippen LogP contribution in [0.3, 0.4) is 0 Å². The number of hydrogen-bond donors (Lipinski definition) is 1. The Morgan fingerprint density at radius 3 is 2.76 bits per heavy atom. The quantitative estimate of drug-likeness (QED) is 0.896. The van der Waals surface area contributed by atoms with Gasteiger partial charge in [-0.05, 0) is 40.0 Å². The molecule has 1 heterocycles. The number of halogens is 2. The number of benzene rings is 1. The number of aromatic nitrogens is 2. The maximum Gasteiger partial charge on any atom is 0.311 e. The molecule has 0 aliphatic carbocycles. The predicted molar refractivity (Wildman–Crippen MR) is 80.8 cm³/mol. The van der Waals surface area contributed by atoms with Crippen molar-refractivity contribution in [1.29, 1.82) is 0 Å². The molecule has 6 heteroatoms. The van der Waals surface area contributed by atoms with Crippen LogP contribution in [0.25, 0.3) is 0 Å². The van der Waals surface area contributed by atoms with Crippen molar-refractivity contribution in [1.82, 2.24) is 9.78 Å². The molecule has 0 saturated carbocycles. The van der Waals surface area contributed by atoms with Gasteiger partial charge in [0.2, 0.25) is 0 Å². The zero-order valence-electron chi connectivity index (χ0n) is 11.8. The summed E-state index contributed by atoms with van der Waals surface area (Å²) < 4.78 is 15.8. The van der Waals surface area contributed by atoms with Crippen LogP contribution in [0.4, 0.5) is 4.39 Å². The van der Waals surface area contributed by atoms with E-state index in [-0.39, 0.29) is 6.42 Å². The van der Waals surface area contributed by atoms with E-state index in [2.05, 4.69) is 21.0 Å². The van der Waals surface area contributed by atoms with Crippen molar-refractivity contribution in [2.45, 2.75) is 25.7 Å². The third-order valence-corrected chi connectivity index (χ3v) is 4.36. The van der Waals surface area contributed by atoms with Crippen molar-refractivity contribution in [2.24, 2.45) is 7.05 Å². The molecule has 0 aliphatic heterocycles. The molecule has 0 saturated heterocycles. The van der Waals surface area contributed by atoms with E-state index in [1.807, 2.05) is 6.92 Å². The highest BCUT2D eigenvalue weighted by Crippen LogP contribution is 2.28. The minimum absolute atomic E-state index is 0.253. The van der Waals surface area contributed by atoms with Crippen LogP contribution >= 0.6 is 15.9 Å².